The Balaban J connectivity index is 1.45. The van der Waals surface area contributed by atoms with Crippen molar-refractivity contribution in [2.75, 3.05) is 0 Å². The van der Waals surface area contributed by atoms with Crippen LogP contribution in [0.5, 0.6) is 0 Å². The van der Waals surface area contributed by atoms with Gasteiger partial charge in [-0.25, -0.2) is 4.98 Å². The van der Waals surface area contributed by atoms with Gasteiger partial charge >= 0.3 is 0 Å². The number of hydrogen-bond acceptors (Lipinski definition) is 6. The molecule has 0 aliphatic carbocycles. The number of carbonyl (C=O) groups excluding carboxylic acids is 2. The molecule has 0 saturated carbocycles. The number of thiocarbonyl (C=S) groups is 1. The summed E-state index contributed by atoms with van der Waals surface area (Å²) in [7, 11) is 0. The third-order valence-corrected chi connectivity index (χ3v) is 7.00. The lowest BCUT2D eigenvalue weighted by Crippen LogP contribution is -2.17. The van der Waals surface area contributed by atoms with E-state index in [4.69, 9.17) is 35.4 Å². The number of aromatic nitrogens is 1. The van der Waals surface area contributed by atoms with Crippen molar-refractivity contribution in [2.24, 2.45) is 0 Å². The predicted molar refractivity (Wildman–Crippen MR) is 128 cm³/mol. The molecular formula is C21H12Cl2N2O2S3. The topological polar surface area (TPSA) is 59.1 Å². The van der Waals surface area contributed by atoms with Crippen LogP contribution in [-0.2, 0) is 11.2 Å². The van der Waals surface area contributed by atoms with E-state index in [2.05, 4.69) is 10.3 Å². The maximum atomic E-state index is 12.6. The summed E-state index contributed by atoms with van der Waals surface area (Å²) < 4.78 is 0.446. The lowest BCUT2D eigenvalue weighted by atomic mass is 10.1. The third-order valence-electron chi connectivity index (χ3n) is 4.25. The van der Waals surface area contributed by atoms with E-state index >= 15 is 0 Å². The van der Waals surface area contributed by atoms with Crippen molar-refractivity contribution in [3.63, 3.8) is 0 Å². The summed E-state index contributed by atoms with van der Waals surface area (Å²) >= 11 is 19.7. The fraction of sp³-hybridized carbons (Fsp3) is 0.0476. The lowest BCUT2D eigenvalue weighted by Gasteiger charge is -2.01. The fourth-order valence-electron chi connectivity index (χ4n) is 2.76. The van der Waals surface area contributed by atoms with E-state index in [0.29, 0.717) is 24.8 Å². The number of ketones is 1. The Bertz CT molecular complexity index is 1200. The molecule has 0 atom stereocenters. The molecule has 3 aromatic rings. The van der Waals surface area contributed by atoms with Crippen molar-refractivity contribution in [3.05, 3.63) is 78.9 Å². The quantitative estimate of drug-likeness (QED) is 0.268. The SMILES string of the molecule is O=C1NC(=S)S/C1=C\c1ccc(C(=O)Cc2nc(-c3ccc(Cl)c(Cl)c3)cs2)cc1. The number of carbonyl (C=O) groups is 2. The molecule has 150 valence electrons. The number of nitrogens with zero attached hydrogens (tertiary/aromatic N) is 1. The second kappa shape index (κ2) is 8.99. The van der Waals surface area contributed by atoms with Crippen molar-refractivity contribution >= 4 is 80.6 Å². The normalized spacial score (nSPS) is 14.9. The molecule has 1 saturated heterocycles. The number of hydrogen-bond donors (Lipinski definition) is 1. The summed E-state index contributed by atoms with van der Waals surface area (Å²) in [4.78, 5) is 29.5. The van der Waals surface area contributed by atoms with Gasteiger partial charge in [-0.2, -0.15) is 0 Å². The van der Waals surface area contributed by atoms with Gasteiger partial charge in [0.2, 0.25) is 0 Å². The van der Waals surface area contributed by atoms with E-state index in [9.17, 15) is 9.59 Å². The molecule has 2 aromatic carbocycles. The standard InChI is InChI=1S/C21H12Cl2N2O2S3/c22-14-6-5-13(8-15(14)23)16-10-29-19(24-16)9-17(26)12-3-1-11(2-4-12)7-18-20(27)25-21(28)30-18/h1-8,10H,9H2,(H,25,27,28)/b18-7-. The fourth-order valence-corrected chi connectivity index (χ4v) is 4.90. The average Bonchev–Trinajstić information content (AvgIpc) is 3.30. The highest BCUT2D eigenvalue weighted by molar-refractivity contribution is 8.26. The monoisotopic (exact) mass is 490 g/mol. The summed E-state index contributed by atoms with van der Waals surface area (Å²) in [5.74, 6) is -0.231. The minimum Gasteiger partial charge on any atom is -0.307 e. The number of Topliss-reactive ketones (excluding diaryl/α,β-unsaturated/α-hetero) is 1. The van der Waals surface area contributed by atoms with Crippen molar-refractivity contribution in [2.45, 2.75) is 6.42 Å². The third kappa shape index (κ3) is 4.82. The van der Waals surface area contributed by atoms with Crippen LogP contribution in [0.2, 0.25) is 10.0 Å². The van der Waals surface area contributed by atoms with Crippen LogP contribution in [0.1, 0.15) is 20.9 Å². The molecule has 4 nitrogen and oxygen atoms in total. The Morgan fingerprint density at radius 3 is 2.57 bits per heavy atom. The highest BCUT2D eigenvalue weighted by atomic mass is 35.5. The second-order valence-electron chi connectivity index (χ2n) is 6.33. The zero-order valence-electron chi connectivity index (χ0n) is 15.1. The van der Waals surface area contributed by atoms with Crippen LogP contribution in [-0.4, -0.2) is 21.0 Å². The smallest absolute Gasteiger partial charge is 0.263 e. The Labute approximate surface area is 196 Å². The van der Waals surface area contributed by atoms with Gasteiger partial charge in [0, 0.05) is 16.5 Å². The van der Waals surface area contributed by atoms with Gasteiger partial charge in [-0.15, -0.1) is 11.3 Å². The van der Waals surface area contributed by atoms with Gasteiger partial charge in [-0.3, -0.25) is 9.59 Å². The summed E-state index contributed by atoms with van der Waals surface area (Å²) in [6.07, 6.45) is 1.96. The molecule has 2 heterocycles. The van der Waals surface area contributed by atoms with Crippen molar-refractivity contribution in [1.29, 1.82) is 0 Å². The highest BCUT2D eigenvalue weighted by Gasteiger charge is 2.22. The maximum absolute atomic E-state index is 12.6. The summed E-state index contributed by atoms with van der Waals surface area (Å²) in [6, 6.07) is 12.4. The van der Waals surface area contributed by atoms with Gasteiger partial charge in [-0.1, -0.05) is 77.5 Å². The molecule has 1 amide bonds. The van der Waals surface area contributed by atoms with E-state index in [-0.39, 0.29) is 18.1 Å². The molecule has 0 bridgehead atoms. The lowest BCUT2D eigenvalue weighted by molar-refractivity contribution is -0.115. The van der Waals surface area contributed by atoms with Crippen LogP contribution in [0.3, 0.4) is 0 Å². The van der Waals surface area contributed by atoms with Crippen LogP contribution in [0, 0.1) is 0 Å². The first kappa shape index (κ1) is 21.2. The van der Waals surface area contributed by atoms with E-state index in [1.165, 1.54) is 23.1 Å². The maximum Gasteiger partial charge on any atom is 0.263 e. The molecule has 0 spiro atoms. The molecule has 1 aliphatic rings. The van der Waals surface area contributed by atoms with Gasteiger partial charge in [-0.05, 0) is 23.8 Å². The average molecular weight is 491 g/mol. The largest absolute Gasteiger partial charge is 0.307 e. The van der Waals surface area contributed by atoms with Crippen LogP contribution < -0.4 is 5.32 Å². The molecule has 1 fully saturated rings. The van der Waals surface area contributed by atoms with Crippen molar-refractivity contribution < 1.29 is 9.59 Å². The van der Waals surface area contributed by atoms with Crippen LogP contribution in [0.25, 0.3) is 17.3 Å². The number of benzene rings is 2. The number of amides is 1. The molecule has 30 heavy (non-hydrogen) atoms. The van der Waals surface area contributed by atoms with Crippen LogP contribution in [0.15, 0.2) is 52.7 Å². The first-order valence-electron chi connectivity index (χ1n) is 8.67. The second-order valence-corrected chi connectivity index (χ2v) is 9.81. The van der Waals surface area contributed by atoms with E-state index in [1.54, 1.807) is 42.5 Å². The van der Waals surface area contributed by atoms with Crippen molar-refractivity contribution in [1.82, 2.24) is 10.3 Å². The number of thiazole rings is 1. The molecule has 1 aromatic heterocycles. The minimum absolute atomic E-state index is 0.0293. The van der Waals surface area contributed by atoms with E-state index in [0.717, 1.165) is 21.8 Å². The van der Waals surface area contributed by atoms with Crippen LogP contribution in [0.4, 0.5) is 0 Å². The number of nitrogens with one attached hydrogen (secondary N) is 1. The number of thioether (sulfide) groups is 1. The van der Waals surface area contributed by atoms with Crippen molar-refractivity contribution in [3.8, 4) is 11.3 Å². The Morgan fingerprint density at radius 2 is 1.90 bits per heavy atom. The Hall–Kier alpha value is -2.03. The van der Waals surface area contributed by atoms with Gasteiger partial charge in [0.15, 0.2) is 5.78 Å². The summed E-state index contributed by atoms with van der Waals surface area (Å²) in [6.45, 7) is 0. The zero-order valence-corrected chi connectivity index (χ0v) is 19.1. The van der Waals surface area contributed by atoms with Gasteiger partial charge in [0.25, 0.3) is 5.91 Å². The molecule has 0 unspecified atom stereocenters. The van der Waals surface area contributed by atoms with Crippen LogP contribution >= 0.6 is 58.5 Å². The van der Waals surface area contributed by atoms with Gasteiger partial charge in [0.1, 0.15) is 9.33 Å². The zero-order chi connectivity index (χ0) is 21.3. The number of rotatable bonds is 5. The van der Waals surface area contributed by atoms with E-state index in [1.807, 2.05) is 11.4 Å². The molecule has 9 heteroatoms. The number of halogens is 2. The predicted octanol–water partition coefficient (Wildman–Crippen LogP) is 6.03. The Morgan fingerprint density at radius 1 is 1.13 bits per heavy atom. The van der Waals surface area contributed by atoms with Gasteiger partial charge in [0.05, 0.1) is 27.1 Å². The summed E-state index contributed by atoms with van der Waals surface area (Å²) in [5, 5.41) is 6.14. The minimum atomic E-state index is -0.202. The molecule has 1 aliphatic heterocycles. The molecule has 4 rings (SSSR count). The molecule has 1 N–H and O–H groups in total. The van der Waals surface area contributed by atoms with E-state index < -0.39 is 0 Å². The molecular weight excluding hydrogens is 479 g/mol. The highest BCUT2D eigenvalue weighted by Crippen LogP contribution is 2.30. The molecule has 0 radical (unpaired) electrons. The first-order chi connectivity index (χ1) is 14.4. The Kier molecular flexibility index (Phi) is 6.36. The van der Waals surface area contributed by atoms with Gasteiger partial charge < -0.3 is 5.32 Å². The first-order valence-corrected chi connectivity index (χ1v) is 11.5. The summed E-state index contributed by atoms with van der Waals surface area (Å²) in [5.41, 5.74) is 3.02.